The van der Waals surface area contributed by atoms with E-state index in [2.05, 4.69) is 0 Å². The average molecular weight is 413 g/mol. The van der Waals surface area contributed by atoms with Gasteiger partial charge in [-0.25, -0.2) is 8.78 Å². The lowest BCUT2D eigenvalue weighted by Gasteiger charge is -2.63. The molecule has 9 atom stereocenters. The van der Waals surface area contributed by atoms with Crippen molar-refractivity contribution >= 4 is 11.6 Å². The number of hydrogen-bond acceptors (Lipinski definition) is 5. The Balaban J connectivity index is 1.91. The first-order chi connectivity index (χ1) is 14.6. The second-order valence-corrected chi connectivity index (χ2v) is 9.50. The molecule has 0 aromatic rings. The SMILES string of the molecule is [2H]C([2H])([2H])[C@H]1C[C@H]2[C@@H]3C[C@H](F)C4=CC(=O)C=C[C@]4(C)[C@@]3(F)[C@@H](O)C[C@]2(C)[C@@]1(O)C(=O)CO. The van der Waals surface area contributed by atoms with E-state index in [9.17, 15) is 24.9 Å². The van der Waals surface area contributed by atoms with E-state index in [1.165, 1.54) is 19.9 Å². The van der Waals surface area contributed by atoms with Crippen molar-refractivity contribution in [2.24, 2.45) is 28.6 Å². The molecule has 29 heavy (non-hydrogen) atoms. The lowest BCUT2D eigenvalue weighted by Crippen LogP contribution is -2.70. The van der Waals surface area contributed by atoms with Gasteiger partial charge in [-0.05, 0) is 55.7 Å². The van der Waals surface area contributed by atoms with Gasteiger partial charge in [0.25, 0.3) is 0 Å². The standard InChI is InChI=1S/C22H28F2O5/c1-11-6-13-14-8-16(23)15-7-12(26)4-5-19(15,2)21(14,24)17(27)9-20(13,3)22(11,29)18(28)10-25/h4-5,7,11,13-14,16-17,25,27,29H,6,8-10H2,1-3H3/t11-,13-,14-,16-,17-,19-,20-,21-,22-/m0/s1/i1D3. The average Bonchev–Trinajstić information content (AvgIpc) is 2.94. The molecule has 0 amide bonds. The minimum Gasteiger partial charge on any atom is -0.390 e. The van der Waals surface area contributed by atoms with Crippen LogP contribution in [0.5, 0.6) is 0 Å². The Morgan fingerprint density at radius 2 is 2.03 bits per heavy atom. The van der Waals surface area contributed by atoms with Crippen molar-refractivity contribution in [1.29, 1.82) is 0 Å². The lowest BCUT2D eigenvalue weighted by molar-refractivity contribution is -0.223. The maximum Gasteiger partial charge on any atom is 0.190 e. The van der Waals surface area contributed by atoms with E-state index in [-0.39, 0.29) is 12.0 Å². The van der Waals surface area contributed by atoms with Crippen LogP contribution in [0.15, 0.2) is 23.8 Å². The van der Waals surface area contributed by atoms with Gasteiger partial charge in [0, 0.05) is 20.9 Å². The van der Waals surface area contributed by atoms with E-state index in [1.54, 1.807) is 0 Å². The van der Waals surface area contributed by atoms with E-state index >= 15 is 8.78 Å². The van der Waals surface area contributed by atoms with E-state index in [4.69, 9.17) is 4.11 Å². The van der Waals surface area contributed by atoms with Crippen molar-refractivity contribution in [3.8, 4) is 0 Å². The predicted molar refractivity (Wildman–Crippen MR) is 100 cm³/mol. The Hall–Kier alpha value is -1.44. The Morgan fingerprint density at radius 1 is 1.34 bits per heavy atom. The fraction of sp³-hybridized carbons (Fsp3) is 0.727. The Morgan fingerprint density at radius 3 is 2.66 bits per heavy atom. The van der Waals surface area contributed by atoms with E-state index in [0.717, 1.165) is 12.2 Å². The third-order valence-electron chi connectivity index (χ3n) is 8.45. The Bertz CT molecular complexity index is 935. The summed E-state index contributed by atoms with van der Waals surface area (Å²) in [6, 6.07) is 0. The first-order valence-electron chi connectivity index (χ1n) is 11.4. The monoisotopic (exact) mass is 413 g/mol. The van der Waals surface area contributed by atoms with Gasteiger partial charge in [0.1, 0.15) is 18.4 Å². The quantitative estimate of drug-likeness (QED) is 0.642. The first kappa shape index (κ1) is 17.3. The Kier molecular flexibility index (Phi) is 3.60. The van der Waals surface area contributed by atoms with Crippen LogP contribution in [0.25, 0.3) is 0 Å². The minimum absolute atomic E-state index is 0.0709. The molecule has 4 rings (SSSR count). The van der Waals surface area contributed by atoms with Crippen LogP contribution in [0.3, 0.4) is 0 Å². The topological polar surface area (TPSA) is 94.8 Å². The molecule has 0 bridgehead atoms. The molecule has 0 spiro atoms. The van der Waals surface area contributed by atoms with E-state index in [1.807, 2.05) is 0 Å². The van der Waals surface area contributed by atoms with Crippen LogP contribution in [0, 0.1) is 28.6 Å². The molecule has 7 heteroatoms. The summed E-state index contributed by atoms with van der Waals surface area (Å²) in [5.74, 6) is -5.38. The minimum atomic E-state index is -2.81. The highest BCUT2D eigenvalue weighted by molar-refractivity contribution is 6.01. The maximum absolute atomic E-state index is 17.0. The van der Waals surface area contributed by atoms with Gasteiger partial charge in [-0.3, -0.25) is 9.59 Å². The number of alkyl halides is 2. The number of aliphatic hydroxyl groups is 3. The van der Waals surface area contributed by atoms with Crippen molar-refractivity contribution in [3.05, 3.63) is 23.8 Å². The molecule has 4 aliphatic rings. The van der Waals surface area contributed by atoms with Crippen LogP contribution in [-0.2, 0) is 9.59 Å². The molecule has 5 nitrogen and oxygen atoms in total. The zero-order chi connectivity index (χ0) is 24.1. The summed E-state index contributed by atoms with van der Waals surface area (Å²) in [4.78, 5) is 24.6. The number of ketones is 2. The number of aliphatic hydroxyl groups excluding tert-OH is 2. The van der Waals surface area contributed by atoms with Crippen LogP contribution >= 0.6 is 0 Å². The van der Waals surface area contributed by atoms with Gasteiger partial charge in [0.05, 0.1) is 6.10 Å². The predicted octanol–water partition coefficient (Wildman–Crippen LogP) is 1.84. The number of Topliss-reactive ketones (excluding diaryl/α,β-unsaturated/α-hetero) is 1. The third-order valence-corrected chi connectivity index (χ3v) is 8.45. The highest BCUT2D eigenvalue weighted by Crippen LogP contribution is 2.70. The van der Waals surface area contributed by atoms with Gasteiger partial charge in [0.2, 0.25) is 0 Å². The molecule has 4 aliphatic carbocycles. The number of allylic oxidation sites excluding steroid dienone is 4. The summed E-state index contributed by atoms with van der Waals surface area (Å²) >= 11 is 0. The van der Waals surface area contributed by atoms with Crippen molar-refractivity contribution in [2.75, 3.05) is 6.61 Å². The molecule has 0 aromatic heterocycles. The fourth-order valence-corrected chi connectivity index (χ4v) is 6.88. The summed E-state index contributed by atoms with van der Waals surface area (Å²) in [5, 5.41) is 32.2. The highest BCUT2D eigenvalue weighted by atomic mass is 19.1. The molecule has 0 saturated heterocycles. The lowest BCUT2D eigenvalue weighted by atomic mass is 9.44. The summed E-state index contributed by atoms with van der Waals surface area (Å²) in [6.07, 6.45) is -1.22. The molecule has 0 unspecified atom stereocenters. The van der Waals surface area contributed by atoms with Gasteiger partial charge in [-0.15, -0.1) is 0 Å². The number of hydrogen-bond donors (Lipinski definition) is 3. The molecule has 0 aliphatic heterocycles. The summed E-state index contributed by atoms with van der Waals surface area (Å²) in [7, 11) is 0. The molecule has 0 aromatic carbocycles. The molecule has 3 N–H and O–H groups in total. The normalized spacial score (nSPS) is 55.7. The van der Waals surface area contributed by atoms with Crippen LogP contribution in [0.4, 0.5) is 8.78 Å². The van der Waals surface area contributed by atoms with E-state index in [0.29, 0.717) is 0 Å². The largest absolute Gasteiger partial charge is 0.390 e. The van der Waals surface area contributed by atoms with Crippen molar-refractivity contribution in [2.45, 2.75) is 63.5 Å². The van der Waals surface area contributed by atoms with Crippen molar-refractivity contribution in [1.82, 2.24) is 0 Å². The molecule has 0 heterocycles. The van der Waals surface area contributed by atoms with Crippen LogP contribution in [-0.4, -0.2) is 57.0 Å². The van der Waals surface area contributed by atoms with Crippen LogP contribution in [0.2, 0.25) is 0 Å². The molecular weight excluding hydrogens is 382 g/mol. The molecule has 3 saturated carbocycles. The molecule has 160 valence electrons. The number of halogens is 2. The smallest absolute Gasteiger partial charge is 0.190 e. The zero-order valence-electron chi connectivity index (χ0n) is 19.4. The highest BCUT2D eigenvalue weighted by Gasteiger charge is 2.76. The number of fused-ring (bicyclic) bond motifs is 5. The first-order valence-corrected chi connectivity index (χ1v) is 9.92. The molecule has 3 fully saturated rings. The van der Waals surface area contributed by atoms with Crippen LogP contribution in [0.1, 0.15) is 44.1 Å². The third kappa shape index (κ3) is 2.19. The van der Waals surface area contributed by atoms with Crippen molar-refractivity contribution < 1.29 is 37.8 Å². The van der Waals surface area contributed by atoms with Gasteiger partial charge >= 0.3 is 0 Å². The number of carbonyl (C=O) groups is 2. The summed E-state index contributed by atoms with van der Waals surface area (Å²) < 4.78 is 56.1. The fourth-order valence-electron chi connectivity index (χ4n) is 6.88. The zero-order valence-corrected chi connectivity index (χ0v) is 16.4. The van der Waals surface area contributed by atoms with Gasteiger partial charge in [-0.1, -0.05) is 19.9 Å². The van der Waals surface area contributed by atoms with Gasteiger partial charge < -0.3 is 15.3 Å². The van der Waals surface area contributed by atoms with Gasteiger partial charge in [-0.2, -0.15) is 0 Å². The summed E-state index contributed by atoms with van der Waals surface area (Å²) in [5.41, 5.74) is -8.31. The summed E-state index contributed by atoms with van der Waals surface area (Å²) in [6.45, 7) is -1.09. The number of rotatable bonds is 2. The van der Waals surface area contributed by atoms with E-state index < -0.39 is 90.0 Å². The van der Waals surface area contributed by atoms with Crippen LogP contribution < -0.4 is 0 Å². The second kappa shape index (κ2) is 6.05. The second-order valence-electron chi connectivity index (χ2n) is 9.50. The maximum atomic E-state index is 17.0. The van der Waals surface area contributed by atoms with Crippen molar-refractivity contribution in [3.63, 3.8) is 0 Å². The van der Waals surface area contributed by atoms with Gasteiger partial charge in [0.15, 0.2) is 17.2 Å². The molecular formula is C22H28F2O5. The molecule has 0 radical (unpaired) electrons. The number of carbonyl (C=O) groups excluding carboxylic acids is 2. The Labute approximate surface area is 172 Å².